The zero-order chi connectivity index (χ0) is 13.0. The molecule has 98 valence electrons. The van der Waals surface area contributed by atoms with Crippen LogP contribution in [-0.4, -0.2) is 11.9 Å². The first-order valence-electron chi connectivity index (χ1n) is 6.45. The molecular weight excluding hydrogens is 231 g/mol. The number of nitrogens with two attached hydrogens (primary N) is 1. The van der Waals surface area contributed by atoms with Crippen molar-refractivity contribution in [2.24, 2.45) is 5.73 Å². The van der Waals surface area contributed by atoms with Gasteiger partial charge in [0.15, 0.2) is 0 Å². The molecule has 4 heteroatoms. The van der Waals surface area contributed by atoms with Gasteiger partial charge >= 0.3 is 0 Å². The summed E-state index contributed by atoms with van der Waals surface area (Å²) in [4.78, 5) is 11.8. The van der Waals surface area contributed by atoms with E-state index in [4.69, 9.17) is 5.73 Å². The summed E-state index contributed by atoms with van der Waals surface area (Å²) in [7, 11) is 0. The lowest BCUT2D eigenvalue weighted by atomic mass is 10.0. The Kier molecular flexibility index (Phi) is 4.31. The summed E-state index contributed by atoms with van der Waals surface area (Å²) in [5.74, 6) is -0.305. The number of amides is 1. The van der Waals surface area contributed by atoms with Gasteiger partial charge < -0.3 is 11.1 Å². The van der Waals surface area contributed by atoms with E-state index < -0.39 is 0 Å². The Hall–Kier alpha value is -1.42. The number of hydrogen-bond donors (Lipinski definition) is 2. The molecule has 0 spiro atoms. The average Bonchev–Trinajstić information content (AvgIpc) is 2.82. The first-order chi connectivity index (χ1) is 8.65. The smallest absolute Gasteiger partial charge is 0.222 e. The van der Waals surface area contributed by atoms with Gasteiger partial charge in [0, 0.05) is 18.5 Å². The molecule has 1 aromatic rings. The number of carbonyl (C=O) groups is 1. The van der Waals surface area contributed by atoms with Crippen LogP contribution in [0.2, 0.25) is 0 Å². The van der Waals surface area contributed by atoms with E-state index in [-0.39, 0.29) is 24.2 Å². The Bertz CT molecular complexity index is 399. The van der Waals surface area contributed by atoms with Crippen LogP contribution in [0.15, 0.2) is 24.3 Å². The van der Waals surface area contributed by atoms with Gasteiger partial charge in [-0.05, 0) is 30.5 Å². The number of carbonyl (C=O) groups excluding carboxylic acids is 1. The normalized spacial score (nSPS) is 17.7. The van der Waals surface area contributed by atoms with Crippen molar-refractivity contribution < 1.29 is 9.18 Å². The maximum atomic E-state index is 12.8. The Balaban J connectivity index is 1.84. The van der Waals surface area contributed by atoms with Crippen molar-refractivity contribution in [2.75, 3.05) is 0 Å². The highest BCUT2D eigenvalue weighted by atomic mass is 19.1. The number of benzene rings is 1. The minimum atomic E-state index is -0.369. The first kappa shape index (κ1) is 13.0. The largest absolute Gasteiger partial charge is 0.353 e. The number of nitrogens with one attached hydrogen (secondary N) is 1. The molecular formula is C14H19FN2O. The van der Waals surface area contributed by atoms with Crippen molar-refractivity contribution in [1.82, 2.24) is 5.32 Å². The van der Waals surface area contributed by atoms with Crippen LogP contribution >= 0.6 is 0 Å². The van der Waals surface area contributed by atoms with Crippen molar-refractivity contribution in [3.63, 3.8) is 0 Å². The van der Waals surface area contributed by atoms with Crippen LogP contribution in [0, 0.1) is 5.82 Å². The molecule has 1 aromatic carbocycles. The van der Waals surface area contributed by atoms with E-state index >= 15 is 0 Å². The van der Waals surface area contributed by atoms with Crippen molar-refractivity contribution in [3.05, 3.63) is 35.6 Å². The Morgan fingerprint density at radius 2 is 1.94 bits per heavy atom. The Labute approximate surface area is 107 Å². The number of halogens is 1. The minimum Gasteiger partial charge on any atom is -0.353 e. The molecule has 0 aliphatic heterocycles. The molecule has 0 saturated heterocycles. The second-order valence-electron chi connectivity index (χ2n) is 4.91. The summed E-state index contributed by atoms with van der Waals surface area (Å²) in [6.45, 7) is 0. The van der Waals surface area contributed by atoms with Gasteiger partial charge in [-0.25, -0.2) is 4.39 Å². The van der Waals surface area contributed by atoms with E-state index in [1.54, 1.807) is 12.1 Å². The molecule has 1 aliphatic rings. The molecule has 0 heterocycles. The molecule has 1 atom stereocenters. The highest BCUT2D eigenvalue weighted by molar-refractivity contribution is 5.77. The number of rotatable bonds is 4. The van der Waals surface area contributed by atoms with Gasteiger partial charge in [0.1, 0.15) is 5.82 Å². The Morgan fingerprint density at radius 1 is 1.33 bits per heavy atom. The average molecular weight is 250 g/mol. The maximum absolute atomic E-state index is 12.8. The fraction of sp³-hybridized carbons (Fsp3) is 0.500. The highest BCUT2D eigenvalue weighted by Gasteiger charge is 2.18. The second kappa shape index (κ2) is 5.96. The maximum Gasteiger partial charge on any atom is 0.222 e. The van der Waals surface area contributed by atoms with E-state index in [1.165, 1.54) is 25.0 Å². The standard InChI is InChI=1S/C14H19FN2O/c15-11-7-5-10(6-8-11)13(16)9-14(18)17-12-3-1-2-4-12/h5-8,12-13H,1-4,9,16H2,(H,17,18)/t13-/m0/s1. The molecule has 1 aliphatic carbocycles. The zero-order valence-corrected chi connectivity index (χ0v) is 10.4. The van der Waals surface area contributed by atoms with Crippen molar-refractivity contribution >= 4 is 5.91 Å². The van der Waals surface area contributed by atoms with Crippen molar-refractivity contribution in [1.29, 1.82) is 0 Å². The van der Waals surface area contributed by atoms with Gasteiger partial charge in [-0.15, -0.1) is 0 Å². The third kappa shape index (κ3) is 3.53. The SMILES string of the molecule is N[C@@H](CC(=O)NC1CCCC1)c1ccc(F)cc1. The van der Waals surface area contributed by atoms with Gasteiger partial charge in [0.05, 0.1) is 0 Å². The monoisotopic (exact) mass is 250 g/mol. The molecule has 3 N–H and O–H groups in total. The van der Waals surface area contributed by atoms with Gasteiger partial charge in [0.2, 0.25) is 5.91 Å². The molecule has 1 fully saturated rings. The third-order valence-electron chi connectivity index (χ3n) is 3.42. The zero-order valence-electron chi connectivity index (χ0n) is 10.4. The van der Waals surface area contributed by atoms with Gasteiger partial charge in [-0.2, -0.15) is 0 Å². The fourth-order valence-electron chi connectivity index (χ4n) is 2.38. The highest BCUT2D eigenvalue weighted by Crippen LogP contribution is 2.19. The molecule has 0 unspecified atom stereocenters. The summed E-state index contributed by atoms with van der Waals surface area (Å²) < 4.78 is 12.8. The Morgan fingerprint density at radius 3 is 2.56 bits per heavy atom. The molecule has 0 aromatic heterocycles. The molecule has 3 nitrogen and oxygen atoms in total. The molecule has 1 saturated carbocycles. The van der Waals surface area contributed by atoms with Gasteiger partial charge in [0.25, 0.3) is 0 Å². The van der Waals surface area contributed by atoms with Gasteiger partial charge in [-0.1, -0.05) is 25.0 Å². The molecule has 18 heavy (non-hydrogen) atoms. The topological polar surface area (TPSA) is 55.1 Å². The predicted molar refractivity (Wildman–Crippen MR) is 68.3 cm³/mol. The van der Waals surface area contributed by atoms with E-state index in [0.717, 1.165) is 18.4 Å². The summed E-state index contributed by atoms with van der Waals surface area (Å²) in [6, 6.07) is 5.93. The third-order valence-corrected chi connectivity index (χ3v) is 3.42. The summed E-state index contributed by atoms with van der Waals surface area (Å²) in [5, 5.41) is 3.00. The summed E-state index contributed by atoms with van der Waals surface area (Å²) in [6.07, 6.45) is 4.76. The van der Waals surface area contributed by atoms with Crippen LogP contribution in [0.25, 0.3) is 0 Å². The van der Waals surface area contributed by atoms with E-state index in [0.29, 0.717) is 6.04 Å². The molecule has 1 amide bonds. The van der Waals surface area contributed by atoms with Crippen LogP contribution in [0.3, 0.4) is 0 Å². The fourth-order valence-corrected chi connectivity index (χ4v) is 2.38. The van der Waals surface area contributed by atoms with E-state index in [2.05, 4.69) is 5.32 Å². The first-order valence-corrected chi connectivity index (χ1v) is 6.45. The van der Waals surface area contributed by atoms with Crippen LogP contribution < -0.4 is 11.1 Å². The van der Waals surface area contributed by atoms with Crippen LogP contribution in [0.5, 0.6) is 0 Å². The van der Waals surface area contributed by atoms with Crippen LogP contribution in [0.4, 0.5) is 4.39 Å². The minimum absolute atomic E-state index is 0.0151. The van der Waals surface area contributed by atoms with Crippen LogP contribution in [0.1, 0.15) is 43.7 Å². The second-order valence-corrected chi connectivity index (χ2v) is 4.91. The molecule has 0 radical (unpaired) electrons. The lowest BCUT2D eigenvalue weighted by molar-refractivity contribution is -0.122. The van der Waals surface area contributed by atoms with E-state index in [1.807, 2.05) is 0 Å². The van der Waals surface area contributed by atoms with Crippen molar-refractivity contribution in [3.8, 4) is 0 Å². The van der Waals surface area contributed by atoms with E-state index in [9.17, 15) is 9.18 Å². The van der Waals surface area contributed by atoms with Crippen molar-refractivity contribution in [2.45, 2.75) is 44.2 Å². The quantitative estimate of drug-likeness (QED) is 0.861. The predicted octanol–water partition coefficient (Wildman–Crippen LogP) is 2.27. The summed E-state index contributed by atoms with van der Waals surface area (Å²) in [5.41, 5.74) is 6.73. The molecule has 2 rings (SSSR count). The number of hydrogen-bond acceptors (Lipinski definition) is 2. The lowest BCUT2D eigenvalue weighted by Gasteiger charge is -2.15. The summed E-state index contributed by atoms with van der Waals surface area (Å²) >= 11 is 0. The molecule has 0 bridgehead atoms. The van der Waals surface area contributed by atoms with Gasteiger partial charge in [-0.3, -0.25) is 4.79 Å². The van der Waals surface area contributed by atoms with Crippen LogP contribution in [-0.2, 0) is 4.79 Å². The lowest BCUT2D eigenvalue weighted by Crippen LogP contribution is -2.34.